The molecule has 2 heterocycles. The van der Waals surface area contributed by atoms with E-state index in [0.717, 1.165) is 9.99 Å². The number of aromatic nitrogens is 2. The highest BCUT2D eigenvalue weighted by atomic mass is 79.9. The Bertz CT molecular complexity index is 585. The van der Waals surface area contributed by atoms with Crippen molar-refractivity contribution in [3.05, 3.63) is 29.0 Å². The van der Waals surface area contributed by atoms with Crippen molar-refractivity contribution in [2.24, 2.45) is 0 Å². The molecule has 0 saturated heterocycles. The average Bonchev–Trinajstić information content (AvgIpc) is 2.27. The third-order valence-electron chi connectivity index (χ3n) is 2.21. The van der Waals surface area contributed by atoms with Crippen LogP contribution in [-0.4, -0.2) is 22.0 Å². The topological polar surface area (TPSA) is 66.9 Å². The van der Waals surface area contributed by atoms with Crippen LogP contribution in [0.3, 0.4) is 0 Å². The first-order chi connectivity index (χ1) is 8.56. The maximum Gasteiger partial charge on any atom is 0.319 e. The number of nitrogens with one attached hydrogen (secondary N) is 2. The third kappa shape index (κ3) is 2.95. The predicted octanol–water partition coefficient (Wildman–Crippen LogP) is 2.92. The molecule has 2 aromatic rings. The van der Waals surface area contributed by atoms with E-state index >= 15 is 0 Å². The summed E-state index contributed by atoms with van der Waals surface area (Å²) in [7, 11) is 0. The summed E-state index contributed by atoms with van der Waals surface area (Å²) in [5, 5.41) is 5.53. The van der Waals surface area contributed by atoms with Crippen LogP contribution in [0.25, 0.3) is 11.0 Å². The first-order valence-electron chi connectivity index (χ1n) is 5.54. The molecule has 2 amide bonds. The number of carbonyl (C=O) groups is 1. The Hall–Kier alpha value is -1.69. The number of pyridine rings is 2. The summed E-state index contributed by atoms with van der Waals surface area (Å²) < 4.78 is 0.853. The minimum Gasteiger partial charge on any atom is -0.336 e. The maximum atomic E-state index is 11.7. The Morgan fingerprint density at radius 2 is 2.17 bits per heavy atom. The minimum atomic E-state index is -0.248. The van der Waals surface area contributed by atoms with Crippen molar-refractivity contribution in [2.45, 2.75) is 19.9 Å². The summed E-state index contributed by atoms with van der Waals surface area (Å²) in [6.45, 7) is 3.80. The van der Waals surface area contributed by atoms with E-state index in [1.54, 1.807) is 18.5 Å². The van der Waals surface area contributed by atoms with Gasteiger partial charge in [0.25, 0.3) is 0 Å². The highest BCUT2D eigenvalue weighted by Gasteiger charge is 2.08. The number of urea groups is 1. The van der Waals surface area contributed by atoms with Crippen LogP contribution in [0.4, 0.5) is 10.5 Å². The van der Waals surface area contributed by atoms with E-state index in [-0.39, 0.29) is 12.1 Å². The molecule has 6 heteroatoms. The molecule has 0 atom stereocenters. The van der Waals surface area contributed by atoms with E-state index in [1.165, 1.54) is 0 Å². The zero-order chi connectivity index (χ0) is 13.1. The molecule has 0 unspecified atom stereocenters. The van der Waals surface area contributed by atoms with Crippen LogP contribution in [0, 0.1) is 0 Å². The molecule has 94 valence electrons. The van der Waals surface area contributed by atoms with Crippen molar-refractivity contribution in [1.82, 2.24) is 15.3 Å². The molecule has 0 spiro atoms. The molecule has 0 fully saturated rings. The van der Waals surface area contributed by atoms with Crippen LogP contribution < -0.4 is 10.6 Å². The molecule has 2 aromatic heterocycles. The van der Waals surface area contributed by atoms with Crippen LogP contribution in [0.5, 0.6) is 0 Å². The number of carbonyl (C=O) groups excluding carboxylic acids is 1. The van der Waals surface area contributed by atoms with Gasteiger partial charge in [-0.1, -0.05) is 0 Å². The largest absolute Gasteiger partial charge is 0.336 e. The summed E-state index contributed by atoms with van der Waals surface area (Å²) >= 11 is 3.34. The molecule has 0 aromatic carbocycles. The summed E-state index contributed by atoms with van der Waals surface area (Å²) in [4.78, 5) is 20.1. The highest BCUT2D eigenvalue weighted by molar-refractivity contribution is 9.10. The lowest BCUT2D eigenvalue weighted by Gasteiger charge is -2.11. The molecular formula is C12H13BrN4O. The summed E-state index contributed by atoms with van der Waals surface area (Å²) in [5.74, 6) is 0. The fraction of sp³-hybridized carbons (Fsp3) is 0.250. The van der Waals surface area contributed by atoms with E-state index in [9.17, 15) is 4.79 Å². The van der Waals surface area contributed by atoms with Gasteiger partial charge in [0.05, 0.1) is 11.2 Å². The van der Waals surface area contributed by atoms with Gasteiger partial charge in [0, 0.05) is 22.9 Å². The molecule has 2 N–H and O–H groups in total. The molecule has 18 heavy (non-hydrogen) atoms. The van der Waals surface area contributed by atoms with Gasteiger partial charge in [-0.05, 0) is 41.9 Å². The fourth-order valence-electron chi connectivity index (χ4n) is 1.53. The molecule has 0 aliphatic heterocycles. The van der Waals surface area contributed by atoms with Crippen LogP contribution in [0.1, 0.15) is 13.8 Å². The Morgan fingerprint density at radius 3 is 2.89 bits per heavy atom. The second kappa shape index (κ2) is 5.30. The SMILES string of the molecule is CC(C)NC(=O)Nc1ccnc2cc(Br)cnc12. The second-order valence-electron chi connectivity index (χ2n) is 4.13. The predicted molar refractivity (Wildman–Crippen MR) is 74.5 cm³/mol. The summed E-state index contributed by atoms with van der Waals surface area (Å²) in [5.41, 5.74) is 2.04. The van der Waals surface area contributed by atoms with Crippen LogP contribution in [0.2, 0.25) is 0 Å². The number of rotatable bonds is 2. The quantitative estimate of drug-likeness (QED) is 0.896. The number of halogens is 1. The minimum absolute atomic E-state index is 0.0835. The van der Waals surface area contributed by atoms with E-state index in [4.69, 9.17) is 0 Å². The van der Waals surface area contributed by atoms with Crippen molar-refractivity contribution in [1.29, 1.82) is 0 Å². The van der Waals surface area contributed by atoms with Crippen LogP contribution in [-0.2, 0) is 0 Å². The Balaban J connectivity index is 2.31. The average molecular weight is 309 g/mol. The van der Waals surface area contributed by atoms with Gasteiger partial charge in [-0.3, -0.25) is 9.97 Å². The first kappa shape index (κ1) is 12.8. The lowest BCUT2D eigenvalue weighted by Crippen LogP contribution is -2.34. The fourth-order valence-corrected chi connectivity index (χ4v) is 1.85. The number of hydrogen-bond donors (Lipinski definition) is 2. The Labute approximate surface area is 113 Å². The Morgan fingerprint density at radius 1 is 1.39 bits per heavy atom. The van der Waals surface area contributed by atoms with Crippen molar-refractivity contribution in [2.75, 3.05) is 5.32 Å². The van der Waals surface area contributed by atoms with Crippen molar-refractivity contribution in [3.8, 4) is 0 Å². The number of fused-ring (bicyclic) bond motifs is 1. The second-order valence-corrected chi connectivity index (χ2v) is 5.05. The summed E-state index contributed by atoms with van der Waals surface area (Å²) in [6.07, 6.45) is 3.32. The molecule has 0 bridgehead atoms. The monoisotopic (exact) mass is 308 g/mol. The molecular weight excluding hydrogens is 296 g/mol. The summed E-state index contributed by atoms with van der Waals surface area (Å²) in [6, 6.07) is 3.42. The maximum absolute atomic E-state index is 11.7. The molecule has 0 radical (unpaired) electrons. The standard InChI is InChI=1S/C12H13BrN4O/c1-7(2)16-12(18)17-9-3-4-14-10-5-8(13)6-15-11(9)10/h3-7H,1-2H3,(H2,14,16,17,18). The molecule has 2 rings (SSSR count). The van der Waals surface area contributed by atoms with E-state index in [0.29, 0.717) is 11.2 Å². The van der Waals surface area contributed by atoms with Gasteiger partial charge in [0.15, 0.2) is 0 Å². The Kier molecular flexibility index (Phi) is 3.76. The number of anilines is 1. The smallest absolute Gasteiger partial charge is 0.319 e. The van der Waals surface area contributed by atoms with Crippen molar-refractivity contribution >= 4 is 38.7 Å². The lowest BCUT2D eigenvalue weighted by molar-refractivity contribution is 0.250. The number of hydrogen-bond acceptors (Lipinski definition) is 3. The van der Waals surface area contributed by atoms with Crippen LogP contribution >= 0.6 is 15.9 Å². The number of nitrogens with zero attached hydrogens (tertiary/aromatic N) is 2. The van der Waals surface area contributed by atoms with Gasteiger partial charge in [-0.15, -0.1) is 0 Å². The van der Waals surface area contributed by atoms with E-state index < -0.39 is 0 Å². The van der Waals surface area contributed by atoms with Gasteiger partial charge in [-0.25, -0.2) is 4.79 Å². The van der Waals surface area contributed by atoms with Gasteiger partial charge in [0.2, 0.25) is 0 Å². The normalized spacial score (nSPS) is 10.7. The van der Waals surface area contributed by atoms with Gasteiger partial charge in [-0.2, -0.15) is 0 Å². The number of amides is 2. The van der Waals surface area contributed by atoms with E-state index in [1.807, 2.05) is 19.9 Å². The highest BCUT2D eigenvalue weighted by Crippen LogP contribution is 2.21. The van der Waals surface area contributed by atoms with Crippen LogP contribution in [0.15, 0.2) is 29.0 Å². The first-order valence-corrected chi connectivity index (χ1v) is 6.33. The molecule has 5 nitrogen and oxygen atoms in total. The van der Waals surface area contributed by atoms with Gasteiger partial charge >= 0.3 is 6.03 Å². The zero-order valence-electron chi connectivity index (χ0n) is 10.1. The third-order valence-corrected chi connectivity index (χ3v) is 2.65. The van der Waals surface area contributed by atoms with Gasteiger partial charge < -0.3 is 10.6 Å². The van der Waals surface area contributed by atoms with Crippen molar-refractivity contribution in [3.63, 3.8) is 0 Å². The van der Waals surface area contributed by atoms with Gasteiger partial charge in [0.1, 0.15) is 5.52 Å². The zero-order valence-corrected chi connectivity index (χ0v) is 11.7. The van der Waals surface area contributed by atoms with E-state index in [2.05, 4.69) is 36.5 Å². The molecule has 0 saturated carbocycles. The molecule has 0 aliphatic carbocycles. The molecule has 0 aliphatic rings. The lowest BCUT2D eigenvalue weighted by atomic mass is 10.3. The van der Waals surface area contributed by atoms with Crippen molar-refractivity contribution < 1.29 is 4.79 Å².